The molecule has 0 aliphatic heterocycles. The van der Waals surface area contributed by atoms with Crippen LogP contribution in [0.15, 0.2) is 34.3 Å². The molecule has 0 aromatic carbocycles. The van der Waals surface area contributed by atoms with E-state index in [2.05, 4.69) is 5.32 Å². The van der Waals surface area contributed by atoms with E-state index in [1.54, 1.807) is 6.26 Å². The molecule has 0 bridgehead atoms. The normalized spacial score (nSPS) is 10.7. The summed E-state index contributed by atoms with van der Waals surface area (Å²) in [6.07, 6.45) is 1.63. The number of carbonyl (C=O) groups excluding carboxylic acids is 1. The van der Waals surface area contributed by atoms with Crippen molar-refractivity contribution in [1.29, 1.82) is 0 Å². The lowest BCUT2D eigenvalue weighted by Crippen LogP contribution is -2.29. The molecule has 3 nitrogen and oxygen atoms in total. The van der Waals surface area contributed by atoms with Gasteiger partial charge in [0.05, 0.1) is 11.1 Å². The van der Waals surface area contributed by atoms with E-state index < -0.39 is 0 Å². The fraction of sp³-hybridized carbons (Fsp3) is 0.250. The van der Waals surface area contributed by atoms with Gasteiger partial charge in [-0.1, -0.05) is 0 Å². The highest BCUT2D eigenvalue weighted by Gasteiger charge is 2.11. The fourth-order valence-corrected chi connectivity index (χ4v) is 2.16. The summed E-state index contributed by atoms with van der Waals surface area (Å²) in [5.41, 5.74) is 0.948. The molecule has 2 aromatic heterocycles. The maximum atomic E-state index is 11.7. The van der Waals surface area contributed by atoms with Crippen molar-refractivity contribution in [3.63, 3.8) is 0 Å². The standard InChI is InChI=1S/C12H13NO2S/c1-8(2)13-12(14)11-6-9(7-16-11)10-4-3-5-15-10/h3-8H,1-2H3,(H,13,14). The summed E-state index contributed by atoms with van der Waals surface area (Å²) in [6.45, 7) is 3.89. The van der Waals surface area contributed by atoms with Crippen LogP contribution in [0.4, 0.5) is 0 Å². The Bertz CT molecular complexity index is 471. The molecule has 16 heavy (non-hydrogen) atoms. The predicted octanol–water partition coefficient (Wildman–Crippen LogP) is 3.15. The molecule has 0 spiro atoms. The average molecular weight is 235 g/mol. The first-order valence-corrected chi connectivity index (χ1v) is 5.98. The minimum Gasteiger partial charge on any atom is -0.464 e. The molecule has 2 rings (SSSR count). The maximum Gasteiger partial charge on any atom is 0.261 e. The average Bonchev–Trinajstić information content (AvgIpc) is 2.87. The van der Waals surface area contributed by atoms with Crippen LogP contribution in [-0.2, 0) is 0 Å². The zero-order chi connectivity index (χ0) is 11.5. The van der Waals surface area contributed by atoms with Crippen LogP contribution < -0.4 is 5.32 Å². The SMILES string of the molecule is CC(C)NC(=O)c1cc(-c2ccco2)cs1. The van der Waals surface area contributed by atoms with E-state index in [4.69, 9.17) is 4.42 Å². The Kier molecular flexibility index (Phi) is 3.10. The lowest BCUT2D eigenvalue weighted by Gasteiger charge is -2.05. The van der Waals surface area contributed by atoms with Crippen LogP contribution in [0.5, 0.6) is 0 Å². The smallest absolute Gasteiger partial charge is 0.261 e. The fourth-order valence-electron chi connectivity index (χ4n) is 1.36. The Hall–Kier alpha value is -1.55. The Balaban J connectivity index is 2.17. The third-order valence-electron chi connectivity index (χ3n) is 2.05. The van der Waals surface area contributed by atoms with Crippen LogP contribution in [0.2, 0.25) is 0 Å². The topological polar surface area (TPSA) is 42.2 Å². The number of thiophene rings is 1. The molecule has 0 fully saturated rings. The van der Waals surface area contributed by atoms with E-state index in [-0.39, 0.29) is 11.9 Å². The zero-order valence-corrected chi connectivity index (χ0v) is 10.0. The maximum absolute atomic E-state index is 11.7. The van der Waals surface area contributed by atoms with Crippen LogP contribution >= 0.6 is 11.3 Å². The van der Waals surface area contributed by atoms with Crippen LogP contribution in [0.3, 0.4) is 0 Å². The predicted molar refractivity (Wildman–Crippen MR) is 64.6 cm³/mol. The van der Waals surface area contributed by atoms with Gasteiger partial charge in [0.25, 0.3) is 5.91 Å². The number of nitrogens with one attached hydrogen (secondary N) is 1. The Labute approximate surface area is 98.1 Å². The van der Waals surface area contributed by atoms with Gasteiger partial charge >= 0.3 is 0 Å². The van der Waals surface area contributed by atoms with E-state index in [1.165, 1.54) is 11.3 Å². The van der Waals surface area contributed by atoms with Gasteiger partial charge in [0.2, 0.25) is 0 Å². The van der Waals surface area contributed by atoms with Gasteiger partial charge in [-0.2, -0.15) is 0 Å². The molecule has 0 saturated heterocycles. The van der Waals surface area contributed by atoms with Gasteiger partial charge in [-0.15, -0.1) is 11.3 Å². The van der Waals surface area contributed by atoms with Gasteiger partial charge in [-0.05, 0) is 32.0 Å². The summed E-state index contributed by atoms with van der Waals surface area (Å²) in [7, 11) is 0. The van der Waals surface area contributed by atoms with E-state index in [0.29, 0.717) is 4.88 Å². The largest absolute Gasteiger partial charge is 0.464 e. The van der Waals surface area contributed by atoms with Crippen LogP contribution in [-0.4, -0.2) is 11.9 Å². The molecule has 0 aliphatic rings. The van der Waals surface area contributed by atoms with Gasteiger partial charge in [-0.25, -0.2) is 0 Å². The molecule has 1 N–H and O–H groups in total. The molecule has 4 heteroatoms. The third kappa shape index (κ3) is 2.33. The van der Waals surface area contributed by atoms with Crippen molar-refractivity contribution in [2.75, 3.05) is 0 Å². The van der Waals surface area contributed by atoms with Gasteiger partial charge in [-0.3, -0.25) is 4.79 Å². The van der Waals surface area contributed by atoms with Gasteiger partial charge in [0.1, 0.15) is 5.76 Å². The molecule has 84 valence electrons. The van der Waals surface area contributed by atoms with Gasteiger partial charge < -0.3 is 9.73 Å². The highest BCUT2D eigenvalue weighted by molar-refractivity contribution is 7.12. The van der Waals surface area contributed by atoms with Crippen molar-refractivity contribution < 1.29 is 9.21 Å². The van der Waals surface area contributed by atoms with E-state index in [0.717, 1.165) is 11.3 Å². The highest BCUT2D eigenvalue weighted by Crippen LogP contribution is 2.25. The molecule has 2 aromatic rings. The van der Waals surface area contributed by atoms with Crippen molar-refractivity contribution in [3.05, 3.63) is 34.7 Å². The summed E-state index contributed by atoms with van der Waals surface area (Å²) < 4.78 is 5.27. The van der Waals surface area contributed by atoms with E-state index in [9.17, 15) is 4.79 Å². The first-order chi connectivity index (χ1) is 7.66. The molecule has 2 heterocycles. The molecule has 0 unspecified atom stereocenters. The van der Waals surface area contributed by atoms with Crippen LogP contribution in [0, 0.1) is 0 Å². The first-order valence-electron chi connectivity index (χ1n) is 5.10. The molecular formula is C12H13NO2S. The van der Waals surface area contributed by atoms with Gasteiger partial charge in [0, 0.05) is 17.0 Å². The quantitative estimate of drug-likeness (QED) is 0.888. The summed E-state index contributed by atoms with van der Waals surface area (Å²) in [6, 6.07) is 5.72. The second-order valence-corrected chi connectivity index (χ2v) is 4.72. The van der Waals surface area contributed by atoms with E-state index >= 15 is 0 Å². The van der Waals surface area contributed by atoms with Crippen LogP contribution in [0.25, 0.3) is 11.3 Å². The van der Waals surface area contributed by atoms with E-state index in [1.807, 2.05) is 37.4 Å². The number of hydrogen-bond acceptors (Lipinski definition) is 3. The van der Waals surface area contributed by atoms with Crippen molar-refractivity contribution >= 4 is 17.2 Å². The first kappa shape index (κ1) is 11.0. The highest BCUT2D eigenvalue weighted by atomic mass is 32.1. The number of amides is 1. The zero-order valence-electron chi connectivity index (χ0n) is 9.19. The van der Waals surface area contributed by atoms with Crippen molar-refractivity contribution in [2.24, 2.45) is 0 Å². The van der Waals surface area contributed by atoms with Crippen molar-refractivity contribution in [1.82, 2.24) is 5.32 Å². The lowest BCUT2D eigenvalue weighted by atomic mass is 10.2. The summed E-state index contributed by atoms with van der Waals surface area (Å²) >= 11 is 1.43. The lowest BCUT2D eigenvalue weighted by molar-refractivity contribution is 0.0947. The van der Waals surface area contributed by atoms with Crippen molar-refractivity contribution in [3.8, 4) is 11.3 Å². The van der Waals surface area contributed by atoms with Crippen LogP contribution in [0.1, 0.15) is 23.5 Å². The molecule has 0 atom stereocenters. The number of hydrogen-bond donors (Lipinski definition) is 1. The van der Waals surface area contributed by atoms with Crippen molar-refractivity contribution in [2.45, 2.75) is 19.9 Å². The molecule has 0 saturated carbocycles. The summed E-state index contributed by atoms with van der Waals surface area (Å²) in [5.74, 6) is 0.762. The Morgan fingerprint density at radius 2 is 2.31 bits per heavy atom. The number of furan rings is 1. The minimum atomic E-state index is -0.0298. The molecular weight excluding hydrogens is 222 g/mol. The monoisotopic (exact) mass is 235 g/mol. The third-order valence-corrected chi connectivity index (χ3v) is 2.98. The summed E-state index contributed by atoms with van der Waals surface area (Å²) in [5, 5.41) is 4.78. The number of carbonyl (C=O) groups is 1. The summed E-state index contributed by atoms with van der Waals surface area (Å²) in [4.78, 5) is 12.4. The Morgan fingerprint density at radius 3 is 2.94 bits per heavy atom. The second-order valence-electron chi connectivity index (χ2n) is 3.81. The second kappa shape index (κ2) is 4.53. The molecule has 0 aliphatic carbocycles. The minimum absolute atomic E-state index is 0.0298. The molecule has 0 radical (unpaired) electrons. The Morgan fingerprint density at radius 1 is 1.50 bits per heavy atom. The van der Waals surface area contributed by atoms with Gasteiger partial charge in [0.15, 0.2) is 0 Å². The molecule has 1 amide bonds. The number of rotatable bonds is 3.